The van der Waals surface area contributed by atoms with Crippen molar-refractivity contribution in [2.45, 2.75) is 6.92 Å². The number of hydrogen-bond acceptors (Lipinski definition) is 4. The largest absolute Gasteiger partial charge is 0.328 e. The minimum atomic E-state index is -0.308. The molecule has 0 fully saturated rings. The van der Waals surface area contributed by atoms with Gasteiger partial charge in [-0.2, -0.15) is 0 Å². The Hall–Kier alpha value is -2.25. The number of anilines is 1. The van der Waals surface area contributed by atoms with E-state index in [1.165, 1.54) is 29.7 Å². The maximum atomic E-state index is 12.2. The molecular weight excluding hydrogens is 378 g/mol. The number of nitrogens with one attached hydrogen (secondary N) is 2. The highest BCUT2D eigenvalue weighted by Crippen LogP contribution is 2.31. The van der Waals surface area contributed by atoms with Gasteiger partial charge in [-0.1, -0.05) is 28.1 Å². The first-order valence-corrected chi connectivity index (χ1v) is 8.37. The van der Waals surface area contributed by atoms with Crippen molar-refractivity contribution in [1.82, 2.24) is 9.97 Å². The number of aryl methyl sites for hydroxylation is 1. The number of halogens is 1. The lowest BCUT2D eigenvalue weighted by molar-refractivity contribution is 0.102. The Kier molecular flexibility index (Phi) is 4.40. The van der Waals surface area contributed by atoms with Gasteiger partial charge in [-0.3, -0.25) is 14.9 Å². The van der Waals surface area contributed by atoms with Crippen LogP contribution in [0.4, 0.5) is 5.13 Å². The number of carbonyl (C=O) groups excluding carboxylic acids is 1. The highest BCUT2D eigenvalue weighted by Gasteiger charge is 2.13. The molecule has 1 amide bonds. The highest BCUT2D eigenvalue weighted by atomic mass is 79.9. The zero-order chi connectivity index (χ0) is 16.4. The molecule has 5 nitrogen and oxygen atoms in total. The molecule has 2 N–H and O–H groups in total. The average Bonchev–Trinajstić information content (AvgIpc) is 2.89. The van der Waals surface area contributed by atoms with Crippen LogP contribution in [0, 0.1) is 6.92 Å². The first-order chi connectivity index (χ1) is 11.0. The Morgan fingerprint density at radius 3 is 2.61 bits per heavy atom. The lowest BCUT2D eigenvalue weighted by Gasteiger charge is -2.01. The van der Waals surface area contributed by atoms with Gasteiger partial charge in [0.2, 0.25) is 5.56 Å². The molecule has 1 aromatic carbocycles. The van der Waals surface area contributed by atoms with Crippen molar-refractivity contribution >= 4 is 38.3 Å². The van der Waals surface area contributed by atoms with Crippen molar-refractivity contribution in [3.63, 3.8) is 0 Å². The van der Waals surface area contributed by atoms with Gasteiger partial charge in [-0.05, 0) is 25.1 Å². The summed E-state index contributed by atoms with van der Waals surface area (Å²) in [6.07, 6.45) is 1.38. The van der Waals surface area contributed by atoms with Gasteiger partial charge in [0.1, 0.15) is 0 Å². The van der Waals surface area contributed by atoms with Gasteiger partial charge in [0, 0.05) is 27.2 Å². The number of benzene rings is 1. The second-order valence-corrected chi connectivity index (χ2v) is 6.95. The third-order valence-electron chi connectivity index (χ3n) is 3.18. The number of amides is 1. The Morgan fingerprint density at radius 1 is 1.22 bits per heavy atom. The predicted octanol–water partition coefficient (Wildman–Crippen LogP) is 3.82. The van der Waals surface area contributed by atoms with E-state index in [2.05, 4.69) is 31.2 Å². The maximum Gasteiger partial charge on any atom is 0.258 e. The molecule has 0 aliphatic heterocycles. The van der Waals surface area contributed by atoms with E-state index in [1.807, 2.05) is 31.2 Å². The number of hydrogen-bond donors (Lipinski definition) is 2. The number of aromatic amines is 1. The van der Waals surface area contributed by atoms with E-state index in [4.69, 9.17) is 0 Å². The molecule has 0 aliphatic rings. The summed E-state index contributed by atoms with van der Waals surface area (Å²) in [7, 11) is 0. The van der Waals surface area contributed by atoms with Crippen LogP contribution in [0.15, 0.2) is 51.9 Å². The van der Waals surface area contributed by atoms with Crippen LogP contribution in [-0.4, -0.2) is 15.9 Å². The van der Waals surface area contributed by atoms with Crippen molar-refractivity contribution in [3.05, 3.63) is 67.9 Å². The lowest BCUT2D eigenvalue weighted by atomic mass is 10.1. The fourth-order valence-corrected chi connectivity index (χ4v) is 3.14. The first-order valence-electron chi connectivity index (χ1n) is 6.76. The predicted molar refractivity (Wildman–Crippen MR) is 95.0 cm³/mol. The van der Waals surface area contributed by atoms with Gasteiger partial charge in [-0.15, -0.1) is 11.3 Å². The molecule has 116 valence electrons. The monoisotopic (exact) mass is 389 g/mol. The summed E-state index contributed by atoms with van der Waals surface area (Å²) in [5.74, 6) is -0.308. The molecule has 2 heterocycles. The summed E-state index contributed by atoms with van der Waals surface area (Å²) >= 11 is 4.82. The fraction of sp³-hybridized carbons (Fsp3) is 0.0625. The normalized spacial score (nSPS) is 10.5. The molecular formula is C16H12BrN3O2S. The highest BCUT2D eigenvalue weighted by molar-refractivity contribution is 9.10. The molecule has 3 rings (SSSR count). The zero-order valence-electron chi connectivity index (χ0n) is 12.1. The summed E-state index contributed by atoms with van der Waals surface area (Å²) < 4.78 is 1.00. The van der Waals surface area contributed by atoms with Gasteiger partial charge < -0.3 is 4.98 Å². The van der Waals surface area contributed by atoms with Crippen LogP contribution in [0.1, 0.15) is 15.2 Å². The molecule has 0 unspecified atom stereocenters. The van der Waals surface area contributed by atoms with Crippen molar-refractivity contribution in [2.75, 3.05) is 5.32 Å². The van der Waals surface area contributed by atoms with Crippen LogP contribution in [0.2, 0.25) is 0 Å². The van der Waals surface area contributed by atoms with Crippen molar-refractivity contribution in [3.8, 4) is 11.3 Å². The molecule has 0 spiro atoms. The number of nitrogens with zero attached hydrogens (tertiary/aromatic N) is 1. The van der Waals surface area contributed by atoms with Crippen LogP contribution in [0.5, 0.6) is 0 Å². The van der Waals surface area contributed by atoms with Crippen LogP contribution >= 0.6 is 27.3 Å². The van der Waals surface area contributed by atoms with Crippen LogP contribution in [0.3, 0.4) is 0 Å². The molecule has 3 aromatic rings. The van der Waals surface area contributed by atoms with E-state index < -0.39 is 0 Å². The molecule has 0 saturated heterocycles. The maximum absolute atomic E-state index is 12.2. The Labute approximate surface area is 144 Å². The van der Waals surface area contributed by atoms with Gasteiger partial charge in [0.25, 0.3) is 5.91 Å². The number of H-pyrrole nitrogens is 1. The third kappa shape index (κ3) is 3.57. The first kappa shape index (κ1) is 15.6. The minimum absolute atomic E-state index is 0.246. The standard InChI is InChI=1S/C16H12BrN3O2S/c1-9-14(10-2-5-12(17)6-3-10)19-16(23-9)20-15(22)11-4-7-13(21)18-8-11/h2-8H,1H3,(H,18,21)(H,19,20,22). The van der Waals surface area contributed by atoms with Gasteiger partial charge in [0.15, 0.2) is 5.13 Å². The number of rotatable bonds is 3. The topological polar surface area (TPSA) is 74.8 Å². The summed E-state index contributed by atoms with van der Waals surface area (Å²) in [6, 6.07) is 10.6. The van der Waals surface area contributed by atoms with Gasteiger partial charge in [-0.25, -0.2) is 4.98 Å². The summed E-state index contributed by atoms with van der Waals surface area (Å²) in [6.45, 7) is 1.96. The Morgan fingerprint density at radius 2 is 1.96 bits per heavy atom. The fourth-order valence-electron chi connectivity index (χ4n) is 2.05. The SMILES string of the molecule is Cc1sc(NC(=O)c2ccc(=O)[nH]c2)nc1-c1ccc(Br)cc1. The molecule has 0 bridgehead atoms. The van der Waals surface area contributed by atoms with Crippen LogP contribution < -0.4 is 10.9 Å². The van der Waals surface area contributed by atoms with E-state index >= 15 is 0 Å². The smallest absolute Gasteiger partial charge is 0.258 e. The molecule has 0 radical (unpaired) electrons. The van der Waals surface area contributed by atoms with Crippen molar-refractivity contribution < 1.29 is 4.79 Å². The van der Waals surface area contributed by atoms with E-state index in [0.29, 0.717) is 10.7 Å². The van der Waals surface area contributed by atoms with Gasteiger partial charge in [0.05, 0.1) is 11.3 Å². The lowest BCUT2D eigenvalue weighted by Crippen LogP contribution is -2.14. The van der Waals surface area contributed by atoms with E-state index in [0.717, 1.165) is 20.6 Å². The number of thiazole rings is 1. The quantitative estimate of drug-likeness (QED) is 0.714. The number of pyridine rings is 1. The second-order valence-electron chi connectivity index (χ2n) is 4.83. The summed E-state index contributed by atoms with van der Waals surface area (Å²) in [5.41, 5.74) is 1.97. The van der Waals surface area contributed by atoms with Crippen molar-refractivity contribution in [1.29, 1.82) is 0 Å². The van der Waals surface area contributed by atoms with E-state index in [1.54, 1.807) is 0 Å². The minimum Gasteiger partial charge on any atom is -0.328 e. The van der Waals surface area contributed by atoms with Crippen LogP contribution in [-0.2, 0) is 0 Å². The molecule has 23 heavy (non-hydrogen) atoms. The van der Waals surface area contributed by atoms with E-state index in [-0.39, 0.29) is 11.5 Å². The summed E-state index contributed by atoms with van der Waals surface area (Å²) in [5, 5.41) is 3.28. The number of carbonyl (C=O) groups is 1. The molecule has 0 aliphatic carbocycles. The van der Waals surface area contributed by atoms with Crippen LogP contribution in [0.25, 0.3) is 11.3 Å². The third-order valence-corrected chi connectivity index (χ3v) is 4.60. The number of aromatic nitrogens is 2. The van der Waals surface area contributed by atoms with Gasteiger partial charge >= 0.3 is 0 Å². The second kappa shape index (κ2) is 6.47. The molecule has 0 atom stereocenters. The Balaban J connectivity index is 1.83. The molecule has 2 aromatic heterocycles. The Bertz CT molecular complexity index is 895. The van der Waals surface area contributed by atoms with Crippen molar-refractivity contribution in [2.24, 2.45) is 0 Å². The summed E-state index contributed by atoms with van der Waals surface area (Å²) in [4.78, 5) is 31.2. The zero-order valence-corrected chi connectivity index (χ0v) is 14.5. The average molecular weight is 390 g/mol. The molecule has 0 saturated carbocycles. The van der Waals surface area contributed by atoms with E-state index in [9.17, 15) is 9.59 Å². The molecule has 7 heteroatoms.